The van der Waals surface area contributed by atoms with Gasteiger partial charge in [-0.15, -0.1) is 0 Å². The summed E-state index contributed by atoms with van der Waals surface area (Å²) in [6.45, 7) is 9.04. The molecular formula is C51H74N2O18S3-2. The Labute approximate surface area is 437 Å². The van der Waals surface area contributed by atoms with E-state index >= 15 is 0 Å². The first-order valence-electron chi connectivity index (χ1n) is 24.0. The first kappa shape index (κ1) is 64.1. The zero-order valence-corrected chi connectivity index (χ0v) is 44.5. The Bertz CT molecular complexity index is 2610. The summed E-state index contributed by atoms with van der Waals surface area (Å²) in [5.41, 5.74) is 2.05. The van der Waals surface area contributed by atoms with Crippen LogP contribution in [0.4, 0.5) is 11.4 Å². The van der Waals surface area contributed by atoms with Gasteiger partial charge in [0.1, 0.15) is 26.8 Å². The summed E-state index contributed by atoms with van der Waals surface area (Å²) in [6, 6.07) is 8.38. The van der Waals surface area contributed by atoms with Crippen LogP contribution in [0.3, 0.4) is 0 Å². The molecular weight excluding hydrogens is 1020 g/mol. The highest BCUT2D eigenvalue weighted by Gasteiger charge is 2.48. The molecule has 0 radical (unpaired) electrons. The summed E-state index contributed by atoms with van der Waals surface area (Å²) >= 11 is 0. The van der Waals surface area contributed by atoms with Gasteiger partial charge < -0.3 is 56.8 Å². The quantitative estimate of drug-likeness (QED) is 0.0375. The Hall–Kier alpha value is -4.21. The van der Waals surface area contributed by atoms with E-state index < -0.39 is 57.8 Å². The van der Waals surface area contributed by atoms with Gasteiger partial charge in [0.15, 0.2) is 12.3 Å². The normalized spacial score (nSPS) is 18.6. The molecule has 2 aliphatic rings. The van der Waals surface area contributed by atoms with Gasteiger partial charge in [-0.3, -0.25) is 4.79 Å². The lowest BCUT2D eigenvalue weighted by molar-refractivity contribution is -0.442. The summed E-state index contributed by atoms with van der Waals surface area (Å²) in [5, 5.41) is 9.14. The Morgan fingerprint density at radius 1 is 0.635 bits per heavy atom. The summed E-state index contributed by atoms with van der Waals surface area (Å²) in [6.07, 6.45) is 14.9. The molecule has 2 heterocycles. The van der Waals surface area contributed by atoms with E-state index in [9.17, 15) is 43.7 Å². The van der Waals surface area contributed by atoms with Crippen molar-refractivity contribution >= 4 is 53.4 Å². The minimum atomic E-state index is -4.88. The van der Waals surface area contributed by atoms with Gasteiger partial charge in [0, 0.05) is 74.1 Å². The second-order valence-electron chi connectivity index (χ2n) is 17.7. The highest BCUT2D eigenvalue weighted by atomic mass is 32.2. The number of rotatable bonds is 37. The zero-order chi connectivity index (χ0) is 53.5. The lowest BCUT2D eigenvalue weighted by atomic mass is 9.76. The molecule has 2 unspecified atom stereocenters. The molecule has 23 heteroatoms. The fourth-order valence-electron chi connectivity index (χ4n) is 8.78. The monoisotopic (exact) mass is 1100 g/mol. The molecule has 2 aromatic rings. The highest BCUT2D eigenvalue weighted by molar-refractivity contribution is 7.86. The van der Waals surface area contributed by atoms with Crippen LogP contribution in [0, 0.1) is 0 Å². The minimum absolute atomic E-state index is 0. The lowest BCUT2D eigenvalue weighted by Gasteiger charge is -2.30. The number of nitrogens with zero attached hydrogens (tertiary/aromatic N) is 2. The third-order valence-electron chi connectivity index (χ3n) is 12.5. The maximum Gasteiger partial charge on any atom is 0.303 e. The van der Waals surface area contributed by atoms with Gasteiger partial charge in [-0.05, 0) is 87.9 Å². The van der Waals surface area contributed by atoms with Crippen molar-refractivity contribution in [1.29, 1.82) is 0 Å². The number of hydrogen-bond donors (Lipinski definition) is 1. The predicted octanol–water partition coefficient (Wildman–Crippen LogP) is 5.55. The molecule has 2 aromatic carbocycles. The topological polar surface area (TPSA) is 280 Å². The first-order valence-corrected chi connectivity index (χ1v) is 28.4. The number of carbonyl (C=O) groups is 1. The molecule has 4 rings (SSSR count). The fraction of sp³-hybridized carbons (Fsp3) is 0.569. The SMILES string of the molecule is C.COCCOCCOCCOCCOCCOCC[N+]1=C(C=CC=CC=CC=C2N(CCCCCC(=O)O)c3ccc(S(=O)(=O)[O-])cc3C2(C)CCOC)C(C)(CCCS(=O)(=O)[O-])c2cc(S(=O)(=O)[O-])ccc21. The van der Waals surface area contributed by atoms with Crippen LogP contribution in [0.2, 0.25) is 0 Å². The number of hydrogen-bond acceptors (Lipinski definition) is 18. The molecule has 20 nitrogen and oxygen atoms in total. The molecule has 2 atom stereocenters. The molecule has 2 aliphatic heterocycles. The summed E-state index contributed by atoms with van der Waals surface area (Å²) in [7, 11) is -11.1. The number of carboxylic acids is 1. The number of benzene rings is 2. The van der Waals surface area contributed by atoms with Gasteiger partial charge in [0.05, 0.1) is 91.4 Å². The van der Waals surface area contributed by atoms with Crippen molar-refractivity contribution in [2.24, 2.45) is 0 Å². The van der Waals surface area contributed by atoms with Gasteiger partial charge in [0.25, 0.3) is 0 Å². The Kier molecular flexibility index (Phi) is 26.9. The highest BCUT2D eigenvalue weighted by Crippen LogP contribution is 2.51. The van der Waals surface area contributed by atoms with Crippen LogP contribution in [-0.4, -0.2) is 173 Å². The van der Waals surface area contributed by atoms with Crippen LogP contribution >= 0.6 is 0 Å². The van der Waals surface area contributed by atoms with E-state index in [2.05, 4.69) is 4.90 Å². The largest absolute Gasteiger partial charge is 0.748 e. The van der Waals surface area contributed by atoms with Gasteiger partial charge in [-0.1, -0.05) is 44.2 Å². The zero-order valence-electron chi connectivity index (χ0n) is 42.1. The van der Waals surface area contributed by atoms with Crippen molar-refractivity contribution in [2.75, 3.05) is 117 Å². The molecule has 74 heavy (non-hydrogen) atoms. The molecule has 0 fully saturated rings. The van der Waals surface area contributed by atoms with Crippen molar-refractivity contribution in [1.82, 2.24) is 0 Å². The van der Waals surface area contributed by atoms with Crippen LogP contribution in [0.1, 0.15) is 77.3 Å². The number of methoxy groups -OCH3 is 2. The molecule has 0 aliphatic carbocycles. The molecule has 0 spiro atoms. The van der Waals surface area contributed by atoms with Crippen molar-refractivity contribution in [3.63, 3.8) is 0 Å². The van der Waals surface area contributed by atoms with Gasteiger partial charge >= 0.3 is 5.97 Å². The van der Waals surface area contributed by atoms with Crippen LogP contribution in [-0.2, 0) is 79.1 Å². The third kappa shape index (κ3) is 19.7. The van der Waals surface area contributed by atoms with Crippen molar-refractivity contribution < 1.29 is 86.5 Å². The van der Waals surface area contributed by atoms with Crippen molar-refractivity contribution in [2.45, 2.75) is 86.8 Å². The van der Waals surface area contributed by atoms with Gasteiger partial charge in [-0.2, -0.15) is 4.58 Å². The average Bonchev–Trinajstić information content (AvgIpc) is 3.69. The number of aliphatic carboxylic acids is 1. The smallest absolute Gasteiger partial charge is 0.303 e. The fourth-order valence-corrected chi connectivity index (χ4v) is 10.3. The second kappa shape index (κ2) is 31.1. The second-order valence-corrected chi connectivity index (χ2v) is 21.9. The molecule has 1 N–H and O–H groups in total. The Morgan fingerprint density at radius 2 is 1.16 bits per heavy atom. The number of carboxylic acid groups (broad SMARTS) is 1. The molecule has 0 bridgehead atoms. The summed E-state index contributed by atoms with van der Waals surface area (Å²) < 4.78 is 148. The average molecular weight is 1100 g/mol. The van der Waals surface area contributed by atoms with Crippen molar-refractivity contribution in [3.8, 4) is 0 Å². The number of anilines is 1. The lowest BCUT2D eigenvalue weighted by Crippen LogP contribution is -2.32. The van der Waals surface area contributed by atoms with E-state index in [1.54, 1.807) is 57.6 Å². The van der Waals surface area contributed by atoms with Crippen LogP contribution in [0.5, 0.6) is 0 Å². The van der Waals surface area contributed by atoms with E-state index in [1.165, 1.54) is 30.3 Å². The Morgan fingerprint density at radius 3 is 1.72 bits per heavy atom. The number of fused-ring (bicyclic) bond motifs is 2. The minimum Gasteiger partial charge on any atom is -0.748 e. The maximum absolute atomic E-state index is 12.2. The van der Waals surface area contributed by atoms with Crippen LogP contribution in [0.15, 0.2) is 94.4 Å². The molecule has 0 saturated carbocycles. The number of allylic oxidation sites excluding steroid dienone is 8. The van der Waals surface area contributed by atoms with Gasteiger partial charge in [-0.25, -0.2) is 25.3 Å². The van der Waals surface area contributed by atoms with Crippen LogP contribution < -0.4 is 4.90 Å². The van der Waals surface area contributed by atoms with E-state index in [4.69, 9.17) is 38.3 Å². The van der Waals surface area contributed by atoms with E-state index in [0.29, 0.717) is 114 Å². The Balaban J connectivity index is 0.0000144. The van der Waals surface area contributed by atoms with Crippen molar-refractivity contribution in [3.05, 3.63) is 95.8 Å². The van der Waals surface area contributed by atoms with Gasteiger partial charge in [0.2, 0.25) is 5.69 Å². The van der Waals surface area contributed by atoms with Crippen LogP contribution in [0.25, 0.3) is 0 Å². The number of unbranched alkanes of at least 4 members (excludes halogenated alkanes) is 2. The standard InChI is InChI=1S/C50H72N2O18S3.CH4/c1-49(21-13-37-71(55,56)57)42-38-40(72(58,59)60)18-20-45(42)52(24-26-66-29-30-68-33-34-70-36-35-69-32-31-67-28-27-65-4)46(49)14-9-6-5-7-10-15-47-50(2,22-25-64-3)43-39-41(73(61,62)63)17-19-44(43)51(47)23-12-8-11-16-48(53)54;/h5-7,9-10,14-15,17-20,38-39H,8,11-13,16,21-37H2,1-4H3,(H3-,53,54,55,56,57,58,59,60,61,62,63);1H4/p-2. The molecule has 0 aromatic heterocycles. The van der Waals surface area contributed by atoms with E-state index in [0.717, 1.165) is 11.4 Å². The first-order chi connectivity index (χ1) is 34.7. The molecule has 0 saturated heterocycles. The third-order valence-corrected chi connectivity index (χ3v) is 14.9. The maximum atomic E-state index is 12.2. The molecule has 416 valence electrons. The molecule has 0 amide bonds. The predicted molar refractivity (Wildman–Crippen MR) is 275 cm³/mol. The summed E-state index contributed by atoms with van der Waals surface area (Å²) in [5.74, 6) is -1.53. The van der Waals surface area contributed by atoms with E-state index in [-0.39, 0.29) is 58.0 Å². The summed E-state index contributed by atoms with van der Waals surface area (Å²) in [4.78, 5) is 12.4. The number of ether oxygens (including phenoxy) is 7. The van der Waals surface area contributed by atoms with E-state index in [1.807, 2.05) is 23.7 Å².